The van der Waals surface area contributed by atoms with Gasteiger partial charge in [-0.05, 0) is 37.0 Å². The molecule has 0 heterocycles. The van der Waals surface area contributed by atoms with Crippen LogP contribution in [0.15, 0.2) is 17.1 Å². The summed E-state index contributed by atoms with van der Waals surface area (Å²) in [5.41, 5.74) is 0.684. The zero-order valence-corrected chi connectivity index (χ0v) is 8.94. The maximum atomic E-state index is 13.5. The molecule has 0 spiro atoms. The Labute approximate surface area is 91.8 Å². The van der Waals surface area contributed by atoms with Gasteiger partial charge >= 0.3 is 0 Å². The number of aliphatic imine (C=N–C) groups is 1. The monoisotopic (exact) mass is 225 g/mol. The minimum absolute atomic E-state index is 0.0992. The molecule has 0 atom stereocenters. The summed E-state index contributed by atoms with van der Waals surface area (Å²) in [6, 6.07) is 3.23. The molecule has 1 saturated carbocycles. The van der Waals surface area contributed by atoms with E-state index in [0.29, 0.717) is 5.56 Å². The van der Waals surface area contributed by atoms with Gasteiger partial charge in [-0.2, -0.15) is 4.99 Å². The number of hydrogen-bond donors (Lipinski definition) is 0. The maximum absolute atomic E-state index is 13.5. The first kappa shape index (κ1) is 10.3. The van der Waals surface area contributed by atoms with Crippen molar-refractivity contribution in [1.82, 2.24) is 0 Å². The van der Waals surface area contributed by atoms with Crippen LogP contribution < -0.4 is 0 Å². The Bertz CT molecular complexity index is 462. The molecular weight excluding hydrogens is 217 g/mol. The predicted molar refractivity (Wildman–Crippen MR) is 55.2 cm³/mol. The van der Waals surface area contributed by atoms with Crippen molar-refractivity contribution in [3.05, 3.63) is 34.1 Å². The predicted octanol–water partition coefficient (Wildman–Crippen LogP) is 3.11. The maximum Gasteiger partial charge on any atom is 0.235 e. The van der Waals surface area contributed by atoms with Crippen molar-refractivity contribution in [2.75, 3.05) is 0 Å². The second-order valence-electron chi connectivity index (χ2n) is 3.77. The highest BCUT2D eigenvalue weighted by Crippen LogP contribution is 2.50. The van der Waals surface area contributed by atoms with Crippen LogP contribution in [0.4, 0.5) is 4.39 Å². The lowest BCUT2D eigenvalue weighted by Crippen LogP contribution is -2.06. The third-order valence-corrected chi connectivity index (χ3v) is 3.12. The van der Waals surface area contributed by atoms with Crippen molar-refractivity contribution in [1.29, 1.82) is 0 Å². The summed E-state index contributed by atoms with van der Waals surface area (Å²) in [5.74, 6) is -0.429. The first-order valence-electron chi connectivity index (χ1n) is 4.65. The third kappa shape index (κ3) is 1.58. The number of isocyanates is 1. The Balaban J connectivity index is 2.55. The Morgan fingerprint density at radius 1 is 1.53 bits per heavy atom. The van der Waals surface area contributed by atoms with Gasteiger partial charge in [-0.1, -0.05) is 17.7 Å². The molecule has 4 heteroatoms. The van der Waals surface area contributed by atoms with Crippen molar-refractivity contribution in [2.45, 2.75) is 25.3 Å². The highest BCUT2D eigenvalue weighted by molar-refractivity contribution is 6.30. The molecule has 2 rings (SSSR count). The number of hydrogen-bond acceptors (Lipinski definition) is 2. The van der Waals surface area contributed by atoms with Crippen LogP contribution in [0.3, 0.4) is 0 Å². The van der Waals surface area contributed by atoms with Crippen LogP contribution >= 0.6 is 11.6 Å². The Morgan fingerprint density at radius 2 is 2.20 bits per heavy atom. The number of nitrogens with zero attached hydrogens (tertiary/aromatic N) is 1. The summed E-state index contributed by atoms with van der Waals surface area (Å²) in [6.45, 7) is 1.65. The van der Waals surface area contributed by atoms with E-state index in [-0.39, 0.29) is 5.02 Å². The van der Waals surface area contributed by atoms with Crippen LogP contribution in [-0.4, -0.2) is 6.08 Å². The Kier molecular flexibility index (Phi) is 2.37. The molecular formula is C11H9ClFNO. The van der Waals surface area contributed by atoms with E-state index in [2.05, 4.69) is 4.99 Å². The van der Waals surface area contributed by atoms with Crippen LogP contribution in [0.2, 0.25) is 5.02 Å². The van der Waals surface area contributed by atoms with Crippen molar-refractivity contribution < 1.29 is 9.18 Å². The van der Waals surface area contributed by atoms with Crippen LogP contribution in [-0.2, 0) is 10.3 Å². The van der Waals surface area contributed by atoms with Gasteiger partial charge in [0, 0.05) is 0 Å². The van der Waals surface area contributed by atoms with Crippen LogP contribution in [0.1, 0.15) is 24.0 Å². The second-order valence-corrected chi connectivity index (χ2v) is 4.18. The van der Waals surface area contributed by atoms with E-state index >= 15 is 0 Å². The molecule has 0 N–H and O–H groups in total. The van der Waals surface area contributed by atoms with Crippen LogP contribution in [0.25, 0.3) is 0 Å². The average Bonchev–Trinajstić information content (AvgIpc) is 2.96. The Morgan fingerprint density at radius 3 is 2.73 bits per heavy atom. The van der Waals surface area contributed by atoms with Gasteiger partial charge in [-0.3, -0.25) is 0 Å². The highest BCUT2D eigenvalue weighted by atomic mass is 35.5. The number of halogens is 2. The molecule has 0 aromatic heterocycles. The molecule has 15 heavy (non-hydrogen) atoms. The molecule has 0 radical (unpaired) electrons. The SMILES string of the molecule is Cc1c(C2(N=C=O)CC2)ccc(Cl)c1F. The number of rotatable bonds is 2. The first-order chi connectivity index (χ1) is 7.10. The van der Waals surface area contributed by atoms with Crippen LogP contribution in [0.5, 0.6) is 0 Å². The summed E-state index contributed by atoms with van der Waals surface area (Å²) in [5, 5.41) is 0.0992. The second kappa shape index (κ2) is 3.44. The van der Waals surface area contributed by atoms with Gasteiger partial charge in [-0.25, -0.2) is 9.18 Å². The van der Waals surface area contributed by atoms with Gasteiger partial charge in [0.05, 0.1) is 10.6 Å². The zero-order valence-electron chi connectivity index (χ0n) is 8.18. The van der Waals surface area contributed by atoms with E-state index in [4.69, 9.17) is 11.6 Å². The van der Waals surface area contributed by atoms with Gasteiger partial charge < -0.3 is 0 Å². The molecule has 0 saturated heterocycles. The fraction of sp³-hybridized carbons (Fsp3) is 0.364. The molecule has 1 aliphatic rings. The lowest BCUT2D eigenvalue weighted by atomic mass is 9.99. The molecule has 0 aliphatic heterocycles. The molecule has 2 nitrogen and oxygen atoms in total. The number of benzene rings is 1. The summed E-state index contributed by atoms with van der Waals surface area (Å²) >= 11 is 5.65. The fourth-order valence-electron chi connectivity index (χ4n) is 1.80. The van der Waals surface area contributed by atoms with E-state index in [1.165, 1.54) is 6.07 Å². The molecule has 0 bridgehead atoms. The van der Waals surface area contributed by atoms with E-state index in [1.54, 1.807) is 19.1 Å². The quantitative estimate of drug-likeness (QED) is 0.562. The average molecular weight is 226 g/mol. The summed E-state index contributed by atoms with van der Waals surface area (Å²) in [7, 11) is 0. The van der Waals surface area contributed by atoms with E-state index in [1.807, 2.05) is 0 Å². The fourth-order valence-corrected chi connectivity index (χ4v) is 2.01. The van der Waals surface area contributed by atoms with Gasteiger partial charge in [0.1, 0.15) is 5.82 Å². The van der Waals surface area contributed by atoms with Crippen molar-refractivity contribution in [3.8, 4) is 0 Å². The Hall–Kier alpha value is -1.18. The normalized spacial score (nSPS) is 17.0. The molecule has 1 aromatic rings. The molecule has 0 unspecified atom stereocenters. The molecule has 0 amide bonds. The lowest BCUT2D eigenvalue weighted by Gasteiger charge is -2.12. The standard InChI is InChI=1S/C11H9ClFNO/c1-7-8(2-3-9(12)10(7)13)11(4-5-11)14-6-15/h2-3H,4-5H2,1H3. The van der Waals surface area contributed by atoms with Gasteiger partial charge in [0.2, 0.25) is 6.08 Å². The molecule has 78 valence electrons. The van der Waals surface area contributed by atoms with Gasteiger partial charge in [-0.15, -0.1) is 0 Å². The van der Waals surface area contributed by atoms with Crippen molar-refractivity contribution >= 4 is 17.7 Å². The zero-order chi connectivity index (χ0) is 11.1. The van der Waals surface area contributed by atoms with Gasteiger partial charge in [0.25, 0.3) is 0 Å². The first-order valence-corrected chi connectivity index (χ1v) is 5.03. The number of carbonyl (C=O) groups excluding carboxylic acids is 1. The summed E-state index contributed by atoms with van der Waals surface area (Å²) in [4.78, 5) is 14.0. The molecule has 1 fully saturated rings. The highest BCUT2D eigenvalue weighted by Gasteiger charge is 2.46. The topological polar surface area (TPSA) is 29.4 Å². The summed E-state index contributed by atoms with van der Waals surface area (Å²) < 4.78 is 13.5. The van der Waals surface area contributed by atoms with Gasteiger partial charge in [0.15, 0.2) is 0 Å². The minimum atomic E-state index is -0.530. The van der Waals surface area contributed by atoms with Crippen molar-refractivity contribution in [2.24, 2.45) is 4.99 Å². The van der Waals surface area contributed by atoms with E-state index < -0.39 is 11.4 Å². The molecule has 1 aromatic carbocycles. The van der Waals surface area contributed by atoms with E-state index in [9.17, 15) is 9.18 Å². The smallest absolute Gasteiger partial charge is 0.211 e. The van der Waals surface area contributed by atoms with Crippen molar-refractivity contribution in [3.63, 3.8) is 0 Å². The lowest BCUT2D eigenvalue weighted by molar-refractivity contribution is 0.554. The molecule has 1 aliphatic carbocycles. The largest absolute Gasteiger partial charge is 0.235 e. The minimum Gasteiger partial charge on any atom is -0.211 e. The van der Waals surface area contributed by atoms with Crippen LogP contribution in [0, 0.1) is 12.7 Å². The van der Waals surface area contributed by atoms with E-state index in [0.717, 1.165) is 18.4 Å². The third-order valence-electron chi connectivity index (χ3n) is 2.82. The summed E-state index contributed by atoms with van der Waals surface area (Å²) in [6.07, 6.45) is 3.09.